The first-order valence-corrected chi connectivity index (χ1v) is 8.61. The Bertz CT molecular complexity index is 852. The van der Waals surface area contributed by atoms with Crippen LogP contribution in [0.15, 0.2) is 24.4 Å². The first kappa shape index (κ1) is 18.4. The Morgan fingerprint density at radius 3 is 3.04 bits per heavy atom. The Labute approximate surface area is 155 Å². The van der Waals surface area contributed by atoms with Crippen LogP contribution in [0.25, 0.3) is 10.8 Å². The van der Waals surface area contributed by atoms with Gasteiger partial charge in [-0.15, -0.1) is 0 Å². The minimum atomic E-state index is -0.177. The SMILES string of the molecule is N#Cc1cc2ccnc(Cl)c2cc1OCCOCN1C(=O)CC[C@H]1CO. The zero-order chi connectivity index (χ0) is 18.5. The number of nitrogens with zero attached hydrogens (tertiary/aromatic N) is 3. The third-order valence-electron chi connectivity index (χ3n) is 4.32. The number of rotatable bonds is 7. The van der Waals surface area contributed by atoms with Gasteiger partial charge in [-0.2, -0.15) is 5.26 Å². The normalized spacial score (nSPS) is 16.9. The maximum absolute atomic E-state index is 11.7. The highest BCUT2D eigenvalue weighted by molar-refractivity contribution is 6.34. The van der Waals surface area contributed by atoms with Crippen molar-refractivity contribution in [3.8, 4) is 11.8 Å². The Morgan fingerprint density at radius 2 is 2.27 bits per heavy atom. The number of pyridine rings is 1. The highest BCUT2D eigenvalue weighted by atomic mass is 35.5. The number of aromatic nitrogens is 1. The predicted molar refractivity (Wildman–Crippen MR) is 94.7 cm³/mol. The summed E-state index contributed by atoms with van der Waals surface area (Å²) in [5.41, 5.74) is 0.398. The number of carbonyl (C=O) groups is 1. The van der Waals surface area contributed by atoms with Gasteiger partial charge in [-0.3, -0.25) is 4.79 Å². The molecule has 0 bridgehead atoms. The molecule has 136 valence electrons. The van der Waals surface area contributed by atoms with E-state index in [2.05, 4.69) is 11.1 Å². The lowest BCUT2D eigenvalue weighted by molar-refractivity contribution is -0.135. The fourth-order valence-corrected chi connectivity index (χ4v) is 3.13. The van der Waals surface area contributed by atoms with E-state index in [0.29, 0.717) is 34.7 Å². The molecular weight excluding hydrogens is 358 g/mol. The molecule has 0 saturated carbocycles. The second-order valence-electron chi connectivity index (χ2n) is 5.91. The molecule has 0 radical (unpaired) electrons. The van der Waals surface area contributed by atoms with Crippen molar-refractivity contribution in [2.45, 2.75) is 18.9 Å². The van der Waals surface area contributed by atoms with E-state index in [1.54, 1.807) is 24.4 Å². The molecule has 8 heteroatoms. The number of amides is 1. The third-order valence-corrected chi connectivity index (χ3v) is 4.62. The first-order chi connectivity index (χ1) is 12.6. The third kappa shape index (κ3) is 3.88. The van der Waals surface area contributed by atoms with E-state index in [1.165, 1.54) is 4.90 Å². The van der Waals surface area contributed by atoms with E-state index in [9.17, 15) is 15.2 Å². The topological polar surface area (TPSA) is 95.7 Å². The van der Waals surface area contributed by atoms with Gasteiger partial charge in [0.1, 0.15) is 30.3 Å². The molecule has 0 spiro atoms. The number of nitriles is 1. The average Bonchev–Trinajstić information content (AvgIpc) is 3.01. The van der Waals surface area contributed by atoms with Crippen LogP contribution in [-0.4, -0.2) is 53.5 Å². The zero-order valence-electron chi connectivity index (χ0n) is 14.0. The van der Waals surface area contributed by atoms with Crippen LogP contribution in [0.2, 0.25) is 5.15 Å². The number of halogens is 1. The Morgan fingerprint density at radius 1 is 1.42 bits per heavy atom. The molecule has 3 rings (SSSR count). The number of benzene rings is 1. The Kier molecular flexibility index (Phi) is 5.89. The van der Waals surface area contributed by atoms with Gasteiger partial charge in [0.25, 0.3) is 0 Å². The predicted octanol–water partition coefficient (Wildman–Crippen LogP) is 2.10. The van der Waals surface area contributed by atoms with Crippen LogP contribution in [0.4, 0.5) is 0 Å². The first-order valence-electron chi connectivity index (χ1n) is 8.23. The van der Waals surface area contributed by atoms with Gasteiger partial charge in [0.2, 0.25) is 5.91 Å². The quantitative estimate of drug-likeness (QED) is 0.588. The fraction of sp³-hybridized carbons (Fsp3) is 0.389. The standard InChI is InChI=1S/C18H18ClN3O4/c19-18-15-8-16(13(9-20)7-12(15)3-4-21-18)26-6-5-25-11-22-14(10-23)1-2-17(22)24/h3-4,7-8,14,23H,1-2,5-6,10-11H2/t14-/m0/s1. The van der Waals surface area contributed by atoms with Crippen molar-refractivity contribution in [2.75, 3.05) is 26.6 Å². The molecule has 1 aromatic heterocycles. The molecule has 2 heterocycles. The number of likely N-dealkylation sites (tertiary alicyclic amines) is 1. The lowest BCUT2D eigenvalue weighted by atomic mass is 10.1. The highest BCUT2D eigenvalue weighted by Crippen LogP contribution is 2.29. The molecule has 1 N–H and O–H groups in total. The number of fused-ring (bicyclic) bond motifs is 1. The molecule has 1 amide bonds. The maximum Gasteiger partial charge on any atom is 0.224 e. The molecule has 26 heavy (non-hydrogen) atoms. The summed E-state index contributed by atoms with van der Waals surface area (Å²) in [6, 6.07) is 7.09. The van der Waals surface area contributed by atoms with Crippen LogP contribution in [-0.2, 0) is 9.53 Å². The lowest BCUT2D eigenvalue weighted by Crippen LogP contribution is -2.37. The van der Waals surface area contributed by atoms with E-state index < -0.39 is 0 Å². The number of carbonyl (C=O) groups excluding carboxylic acids is 1. The fourth-order valence-electron chi connectivity index (χ4n) is 2.91. The molecule has 1 aliphatic heterocycles. The van der Waals surface area contributed by atoms with Crippen LogP contribution in [0.1, 0.15) is 18.4 Å². The van der Waals surface area contributed by atoms with Crippen molar-refractivity contribution in [3.63, 3.8) is 0 Å². The lowest BCUT2D eigenvalue weighted by Gasteiger charge is -2.22. The maximum atomic E-state index is 11.7. The van der Waals surface area contributed by atoms with Gasteiger partial charge in [-0.05, 0) is 30.0 Å². The average molecular weight is 376 g/mol. The largest absolute Gasteiger partial charge is 0.490 e. The van der Waals surface area contributed by atoms with Crippen LogP contribution in [0, 0.1) is 11.3 Å². The van der Waals surface area contributed by atoms with Crippen molar-refractivity contribution < 1.29 is 19.4 Å². The smallest absolute Gasteiger partial charge is 0.224 e. The molecule has 1 atom stereocenters. The van der Waals surface area contributed by atoms with Crippen molar-refractivity contribution in [1.82, 2.24) is 9.88 Å². The summed E-state index contributed by atoms with van der Waals surface area (Å²) in [4.78, 5) is 17.3. The Hall–Kier alpha value is -2.40. The van der Waals surface area contributed by atoms with Crippen LogP contribution >= 0.6 is 11.6 Å². The van der Waals surface area contributed by atoms with Gasteiger partial charge in [-0.1, -0.05) is 11.6 Å². The minimum absolute atomic E-state index is 0.0200. The zero-order valence-corrected chi connectivity index (χ0v) is 14.8. The summed E-state index contributed by atoms with van der Waals surface area (Å²) in [5.74, 6) is 0.386. The molecule has 2 aromatic rings. The second kappa shape index (κ2) is 8.32. The van der Waals surface area contributed by atoms with Gasteiger partial charge in [0.05, 0.1) is 24.8 Å². The molecule has 1 aromatic carbocycles. The monoisotopic (exact) mass is 375 g/mol. The van der Waals surface area contributed by atoms with Crippen LogP contribution < -0.4 is 4.74 Å². The van der Waals surface area contributed by atoms with E-state index in [0.717, 1.165) is 5.39 Å². The molecular formula is C18H18ClN3O4. The van der Waals surface area contributed by atoms with E-state index >= 15 is 0 Å². The van der Waals surface area contributed by atoms with Crippen LogP contribution in [0.5, 0.6) is 5.75 Å². The number of hydrogen-bond donors (Lipinski definition) is 1. The summed E-state index contributed by atoms with van der Waals surface area (Å²) in [6.45, 7) is 0.504. The summed E-state index contributed by atoms with van der Waals surface area (Å²) in [7, 11) is 0. The van der Waals surface area contributed by atoms with Gasteiger partial charge in [0.15, 0.2) is 0 Å². The number of hydrogen-bond acceptors (Lipinski definition) is 6. The highest BCUT2D eigenvalue weighted by Gasteiger charge is 2.30. The van der Waals surface area contributed by atoms with Gasteiger partial charge in [0, 0.05) is 18.0 Å². The van der Waals surface area contributed by atoms with Crippen LogP contribution in [0.3, 0.4) is 0 Å². The molecule has 0 unspecified atom stereocenters. The Balaban J connectivity index is 1.57. The van der Waals surface area contributed by atoms with Crippen molar-refractivity contribution in [3.05, 3.63) is 35.1 Å². The molecule has 1 saturated heterocycles. The molecule has 1 aliphatic rings. The van der Waals surface area contributed by atoms with Gasteiger partial charge in [-0.25, -0.2) is 4.98 Å². The molecule has 7 nitrogen and oxygen atoms in total. The summed E-state index contributed by atoms with van der Waals surface area (Å²) >= 11 is 6.09. The number of ether oxygens (including phenoxy) is 2. The summed E-state index contributed by atoms with van der Waals surface area (Å²) in [5, 5.41) is 20.4. The van der Waals surface area contributed by atoms with Crippen molar-refractivity contribution in [1.29, 1.82) is 5.26 Å². The molecule has 1 fully saturated rings. The second-order valence-corrected chi connectivity index (χ2v) is 6.27. The van der Waals surface area contributed by atoms with E-state index in [4.69, 9.17) is 21.1 Å². The van der Waals surface area contributed by atoms with Gasteiger partial charge >= 0.3 is 0 Å². The summed E-state index contributed by atoms with van der Waals surface area (Å²) < 4.78 is 11.1. The van der Waals surface area contributed by atoms with Gasteiger partial charge < -0.3 is 19.5 Å². The van der Waals surface area contributed by atoms with Crippen molar-refractivity contribution >= 4 is 28.3 Å². The summed E-state index contributed by atoms with van der Waals surface area (Å²) in [6.07, 6.45) is 2.66. The minimum Gasteiger partial charge on any atom is -0.490 e. The number of aliphatic hydroxyl groups is 1. The molecule has 0 aliphatic carbocycles. The van der Waals surface area contributed by atoms with E-state index in [-0.39, 0.29) is 38.5 Å². The van der Waals surface area contributed by atoms with Crippen molar-refractivity contribution in [2.24, 2.45) is 0 Å². The number of aliphatic hydroxyl groups excluding tert-OH is 1. The van der Waals surface area contributed by atoms with E-state index in [1.807, 2.05) is 0 Å².